The van der Waals surface area contributed by atoms with Gasteiger partial charge in [0, 0.05) is 17.6 Å². The van der Waals surface area contributed by atoms with Gasteiger partial charge in [0.1, 0.15) is 11.6 Å². The quantitative estimate of drug-likeness (QED) is 0.128. The van der Waals surface area contributed by atoms with Crippen LogP contribution in [0.25, 0.3) is 11.2 Å². The summed E-state index contributed by atoms with van der Waals surface area (Å²) >= 11 is 20.2. The van der Waals surface area contributed by atoms with Gasteiger partial charge in [-0.3, -0.25) is 14.2 Å². The Hall–Kier alpha value is -1.29. The van der Waals surface area contributed by atoms with Crippen LogP contribution >= 0.6 is 41.6 Å². The number of ether oxygens (including phenoxy) is 2. The molecule has 0 amide bonds. The molecule has 0 unspecified atom stereocenters. The van der Waals surface area contributed by atoms with Gasteiger partial charge in [-0.15, -0.1) is 0 Å². The fourth-order valence-corrected chi connectivity index (χ4v) is 7.60. The zero-order valence-electron chi connectivity index (χ0n) is 23.6. The highest BCUT2D eigenvalue weighted by molar-refractivity contribution is 8.13. The molecule has 2 aromatic heterocycles. The Bertz CT molecular complexity index is 1310. The molecule has 0 radical (unpaired) electrons. The number of esters is 1. The van der Waals surface area contributed by atoms with Crippen LogP contribution in [0.2, 0.25) is 0 Å². The number of hydrogen-bond acceptors (Lipinski definition) is 13. The van der Waals surface area contributed by atoms with Crippen LogP contribution in [0.3, 0.4) is 0 Å². The number of nitrogens with one attached hydrogen (secondary N) is 1. The maximum Gasteiger partial charge on any atom is 0.323 e. The van der Waals surface area contributed by atoms with Gasteiger partial charge in [0.15, 0.2) is 27.1 Å². The third-order valence-electron chi connectivity index (χ3n) is 5.58. The van der Waals surface area contributed by atoms with E-state index in [-0.39, 0.29) is 42.6 Å². The summed E-state index contributed by atoms with van der Waals surface area (Å²) in [5, 5.41) is 2.99. The SMILES string of the molecule is CC(C)OC(=O)[C@H](C)N[P@](=S)(OCCSC(=O)C(C)(C)C)OC[C@@H]1CC(Cl)(Cl)[C@H](n2cnc3c(N)nc(N)nc32)O1. The highest BCUT2D eigenvalue weighted by Gasteiger charge is 2.48. The van der Waals surface area contributed by atoms with Crippen molar-refractivity contribution in [2.45, 2.75) is 76.8 Å². The van der Waals surface area contributed by atoms with Gasteiger partial charge in [0.25, 0.3) is 6.64 Å². The fraction of sp³-hybridized carbons (Fsp3) is 0.696. The van der Waals surface area contributed by atoms with E-state index in [0.717, 1.165) is 11.8 Å². The number of nitrogen functional groups attached to an aromatic ring is 2. The number of carbonyl (C=O) groups excluding carboxylic acids is 2. The van der Waals surface area contributed by atoms with Crippen molar-refractivity contribution < 1.29 is 28.1 Å². The number of nitrogens with zero attached hydrogens (tertiary/aromatic N) is 4. The predicted octanol–water partition coefficient (Wildman–Crippen LogP) is 3.95. The number of imidazole rings is 1. The summed E-state index contributed by atoms with van der Waals surface area (Å²) in [6, 6.07) is -0.822. The largest absolute Gasteiger partial charge is 0.462 e. The zero-order chi connectivity index (χ0) is 30.8. The van der Waals surface area contributed by atoms with Crippen molar-refractivity contribution in [1.82, 2.24) is 24.6 Å². The number of halogens is 2. The lowest BCUT2D eigenvalue weighted by atomic mass is 10.00. The molecule has 0 saturated carbocycles. The number of nitrogens with two attached hydrogens (primary N) is 2. The molecule has 41 heavy (non-hydrogen) atoms. The van der Waals surface area contributed by atoms with Gasteiger partial charge >= 0.3 is 5.97 Å². The Morgan fingerprint density at radius 3 is 2.61 bits per heavy atom. The monoisotopic (exact) mass is 671 g/mol. The Labute approximate surface area is 258 Å². The lowest BCUT2D eigenvalue weighted by Gasteiger charge is -2.27. The van der Waals surface area contributed by atoms with Crippen molar-refractivity contribution in [2.24, 2.45) is 5.41 Å². The van der Waals surface area contributed by atoms with E-state index < -0.39 is 40.7 Å². The van der Waals surface area contributed by atoms with E-state index in [1.165, 1.54) is 10.9 Å². The topological polar surface area (TPSA) is 179 Å². The predicted molar refractivity (Wildman–Crippen MR) is 164 cm³/mol. The molecule has 1 aliphatic rings. The molecular weight excluding hydrogens is 636 g/mol. The van der Waals surface area contributed by atoms with Crippen LogP contribution in [0, 0.1) is 5.41 Å². The lowest BCUT2D eigenvalue weighted by Crippen LogP contribution is -2.36. The summed E-state index contributed by atoms with van der Waals surface area (Å²) in [4.78, 5) is 37.1. The minimum absolute atomic E-state index is 0.0175. The number of aromatic nitrogens is 4. The van der Waals surface area contributed by atoms with Crippen LogP contribution in [0.4, 0.5) is 11.8 Å². The Morgan fingerprint density at radius 1 is 1.29 bits per heavy atom. The third-order valence-corrected chi connectivity index (χ3v) is 10.2. The minimum atomic E-state index is -3.28. The number of carbonyl (C=O) groups is 2. The summed E-state index contributed by atoms with van der Waals surface area (Å²) in [6.45, 7) is 7.37. The molecule has 13 nitrogen and oxygen atoms in total. The van der Waals surface area contributed by atoms with Crippen molar-refractivity contribution in [3.05, 3.63) is 6.33 Å². The second-order valence-electron chi connectivity index (χ2n) is 10.7. The zero-order valence-corrected chi connectivity index (χ0v) is 27.7. The van der Waals surface area contributed by atoms with E-state index in [1.807, 2.05) is 20.8 Å². The Balaban J connectivity index is 1.71. The molecule has 3 rings (SSSR count). The maximum atomic E-state index is 12.5. The number of anilines is 2. The normalized spacial score (nSPS) is 21.2. The van der Waals surface area contributed by atoms with Crippen molar-refractivity contribution in [3.63, 3.8) is 0 Å². The summed E-state index contributed by atoms with van der Waals surface area (Å²) < 4.78 is 23.6. The van der Waals surface area contributed by atoms with Crippen LogP contribution in [0.1, 0.15) is 54.2 Å². The first-order valence-corrected chi connectivity index (χ1v) is 17.1. The molecule has 230 valence electrons. The molecule has 2 aromatic rings. The summed E-state index contributed by atoms with van der Waals surface area (Å²) in [5.74, 6) is -0.0966. The molecule has 1 aliphatic heterocycles. The average molecular weight is 673 g/mol. The smallest absolute Gasteiger partial charge is 0.323 e. The van der Waals surface area contributed by atoms with Gasteiger partial charge in [-0.1, -0.05) is 55.7 Å². The molecule has 0 bridgehead atoms. The summed E-state index contributed by atoms with van der Waals surface area (Å²) in [5.41, 5.74) is 11.8. The summed E-state index contributed by atoms with van der Waals surface area (Å²) in [6.07, 6.45) is -0.245. The fourth-order valence-electron chi connectivity index (χ4n) is 3.65. The van der Waals surface area contributed by atoms with Crippen molar-refractivity contribution in [3.8, 4) is 0 Å². The molecule has 4 atom stereocenters. The van der Waals surface area contributed by atoms with Crippen LogP contribution in [-0.4, -0.2) is 72.2 Å². The van der Waals surface area contributed by atoms with E-state index >= 15 is 0 Å². The number of thioether (sulfide) groups is 1. The molecule has 5 N–H and O–H groups in total. The first-order valence-electron chi connectivity index (χ1n) is 12.8. The Kier molecular flexibility index (Phi) is 11.3. The average Bonchev–Trinajstić information content (AvgIpc) is 3.38. The highest BCUT2D eigenvalue weighted by atomic mass is 35.5. The molecule has 3 heterocycles. The molecule has 0 aliphatic carbocycles. The number of hydrogen-bond donors (Lipinski definition) is 3. The first-order chi connectivity index (χ1) is 18.9. The van der Waals surface area contributed by atoms with E-state index in [2.05, 4.69) is 20.0 Å². The second kappa shape index (κ2) is 13.6. The third kappa shape index (κ3) is 9.10. The van der Waals surface area contributed by atoms with Crippen molar-refractivity contribution in [2.75, 3.05) is 30.4 Å². The van der Waals surface area contributed by atoms with Gasteiger partial charge < -0.3 is 30.0 Å². The van der Waals surface area contributed by atoms with Gasteiger partial charge in [-0.05, 0) is 32.6 Å². The van der Waals surface area contributed by atoms with E-state index in [1.54, 1.807) is 20.8 Å². The van der Waals surface area contributed by atoms with Gasteiger partial charge in [-0.25, -0.2) is 10.1 Å². The van der Waals surface area contributed by atoms with Crippen LogP contribution < -0.4 is 16.6 Å². The molecule has 1 fully saturated rings. The first kappa shape index (κ1) is 34.2. The van der Waals surface area contributed by atoms with Crippen LogP contribution in [-0.2, 0) is 39.9 Å². The molecule has 0 aromatic carbocycles. The second-order valence-corrected chi connectivity index (χ2v) is 16.5. The van der Waals surface area contributed by atoms with Crippen molar-refractivity contribution in [1.29, 1.82) is 0 Å². The molecule has 0 spiro atoms. The number of fused-ring (bicyclic) bond motifs is 1. The summed E-state index contributed by atoms with van der Waals surface area (Å²) in [7, 11) is 0. The number of rotatable bonds is 12. The molecule has 1 saturated heterocycles. The number of alkyl halides is 2. The standard InChI is InChI=1S/C23H36Cl2N7O6PS2/c1-12(2)37-18(33)13(3)31-39(40,35-7-8-41-20(34)22(4,5)6)36-10-14-9-23(24,25)19(38-14)32-11-28-15-16(26)29-21(27)30-17(15)32/h11-14,19H,7-10H2,1-6H3,(H,31,40)(H4,26,27,29,30)/t13-,14-,19+,39-/m0/s1. The van der Waals surface area contributed by atoms with Crippen LogP contribution in [0.5, 0.6) is 0 Å². The maximum absolute atomic E-state index is 12.5. The van der Waals surface area contributed by atoms with Crippen LogP contribution in [0.15, 0.2) is 6.33 Å². The van der Waals surface area contributed by atoms with E-state index in [9.17, 15) is 9.59 Å². The van der Waals surface area contributed by atoms with Gasteiger partial charge in [0.2, 0.25) is 5.95 Å². The van der Waals surface area contributed by atoms with Gasteiger partial charge in [-0.2, -0.15) is 9.97 Å². The lowest BCUT2D eigenvalue weighted by molar-refractivity contribution is -0.149. The van der Waals surface area contributed by atoms with Gasteiger partial charge in [0.05, 0.1) is 31.7 Å². The molecule has 18 heteroatoms. The van der Waals surface area contributed by atoms with E-state index in [0.29, 0.717) is 16.9 Å². The molecular formula is C23H36Cl2N7O6PS2. The Morgan fingerprint density at radius 2 is 1.98 bits per heavy atom. The highest BCUT2D eigenvalue weighted by Crippen LogP contribution is 2.50. The van der Waals surface area contributed by atoms with E-state index in [4.69, 9.17) is 65.0 Å². The van der Waals surface area contributed by atoms with Crippen molar-refractivity contribution >= 4 is 87.4 Å². The minimum Gasteiger partial charge on any atom is -0.462 e.